The minimum absolute atomic E-state index is 0.191. The highest BCUT2D eigenvalue weighted by Crippen LogP contribution is 2.10. The molecule has 1 aliphatic rings. The lowest BCUT2D eigenvalue weighted by molar-refractivity contribution is 0.666. The lowest BCUT2D eigenvalue weighted by atomic mass is 10.1. The molecule has 1 heterocycles. The molecular weight excluding hydrogens is 148 g/mol. The second-order valence-electron chi connectivity index (χ2n) is 2.67. The van der Waals surface area contributed by atoms with Gasteiger partial charge in [0.1, 0.15) is 6.17 Å². The molecule has 0 amide bonds. The fourth-order valence-electron chi connectivity index (χ4n) is 1.04. The van der Waals surface area contributed by atoms with E-state index in [2.05, 4.69) is 16.9 Å². The number of nitrogens with one attached hydrogen (secondary N) is 1. The fourth-order valence-corrected chi connectivity index (χ4v) is 1.04. The number of hydrogen-bond acceptors (Lipinski definition) is 2. The van der Waals surface area contributed by atoms with Crippen LogP contribution in [-0.4, -0.2) is 12.4 Å². The zero-order valence-corrected chi connectivity index (χ0v) is 7.54. The monoisotopic (exact) mass is 162 g/mol. The summed E-state index contributed by atoms with van der Waals surface area (Å²) in [6.45, 7) is 7.72. The third-order valence-electron chi connectivity index (χ3n) is 1.78. The molecule has 0 aromatic carbocycles. The van der Waals surface area contributed by atoms with Crippen LogP contribution >= 0.6 is 0 Å². The molecule has 2 nitrogen and oxygen atoms in total. The van der Waals surface area contributed by atoms with Crippen LogP contribution < -0.4 is 5.32 Å². The van der Waals surface area contributed by atoms with Crippen molar-refractivity contribution in [1.82, 2.24) is 5.32 Å². The maximum absolute atomic E-state index is 4.24. The molecular formula is C10H14N2. The number of rotatable bonds is 2. The summed E-state index contributed by atoms with van der Waals surface area (Å²) in [6, 6.07) is 0. The molecule has 0 fully saturated rings. The Bertz CT molecular complexity index is 259. The minimum atomic E-state index is 0.191. The fraction of sp³-hybridized carbons (Fsp3) is 0.300. The van der Waals surface area contributed by atoms with E-state index in [0.29, 0.717) is 0 Å². The second-order valence-corrected chi connectivity index (χ2v) is 2.67. The van der Waals surface area contributed by atoms with E-state index in [0.717, 1.165) is 11.1 Å². The first-order valence-electron chi connectivity index (χ1n) is 4.06. The third kappa shape index (κ3) is 1.84. The second kappa shape index (κ2) is 3.90. The molecule has 2 heteroatoms. The van der Waals surface area contributed by atoms with Gasteiger partial charge in [0.2, 0.25) is 0 Å². The van der Waals surface area contributed by atoms with Gasteiger partial charge in [-0.25, -0.2) is 0 Å². The summed E-state index contributed by atoms with van der Waals surface area (Å²) in [4.78, 5) is 4.24. The molecule has 1 atom stereocenters. The van der Waals surface area contributed by atoms with Crippen LogP contribution in [0.15, 0.2) is 41.1 Å². The van der Waals surface area contributed by atoms with Crippen LogP contribution in [0.3, 0.4) is 0 Å². The van der Waals surface area contributed by atoms with Gasteiger partial charge in [-0.3, -0.25) is 4.99 Å². The summed E-state index contributed by atoms with van der Waals surface area (Å²) in [5.74, 6) is 0. The normalized spacial score (nSPS) is 23.0. The summed E-state index contributed by atoms with van der Waals surface area (Å²) in [5.41, 5.74) is 2.20. The number of allylic oxidation sites excluding steroid dienone is 4. The third-order valence-corrected chi connectivity index (χ3v) is 1.78. The summed E-state index contributed by atoms with van der Waals surface area (Å²) in [7, 11) is 0. The summed E-state index contributed by atoms with van der Waals surface area (Å²) in [6.07, 6.45) is 7.88. The van der Waals surface area contributed by atoms with Crippen molar-refractivity contribution in [3.8, 4) is 0 Å². The van der Waals surface area contributed by atoms with Crippen LogP contribution in [0, 0.1) is 0 Å². The molecule has 0 aromatic rings. The van der Waals surface area contributed by atoms with Crippen molar-refractivity contribution in [1.29, 1.82) is 0 Å². The smallest absolute Gasteiger partial charge is 0.115 e. The van der Waals surface area contributed by atoms with E-state index >= 15 is 0 Å². The highest BCUT2D eigenvalue weighted by atomic mass is 15.1. The molecule has 1 unspecified atom stereocenters. The van der Waals surface area contributed by atoms with Crippen LogP contribution in [0.1, 0.15) is 13.8 Å². The van der Waals surface area contributed by atoms with Gasteiger partial charge in [0.15, 0.2) is 0 Å². The number of nitrogens with zero attached hydrogens (tertiary/aromatic N) is 1. The standard InChI is InChI=1S/C10H14N2/c1-4-9(5-2)10-6-11-8(3)12-7-10/h4-8,11H,1H2,2-3H3/b9-5+. The van der Waals surface area contributed by atoms with Gasteiger partial charge in [-0.2, -0.15) is 0 Å². The van der Waals surface area contributed by atoms with E-state index in [9.17, 15) is 0 Å². The molecule has 0 saturated carbocycles. The Morgan fingerprint density at radius 3 is 2.92 bits per heavy atom. The summed E-state index contributed by atoms with van der Waals surface area (Å²) in [5, 5.41) is 3.13. The molecule has 64 valence electrons. The molecule has 0 bridgehead atoms. The highest BCUT2D eigenvalue weighted by molar-refractivity contribution is 5.86. The molecule has 0 aromatic heterocycles. The molecule has 12 heavy (non-hydrogen) atoms. The Morgan fingerprint density at radius 2 is 2.50 bits per heavy atom. The first-order chi connectivity index (χ1) is 5.77. The molecule has 1 N–H and O–H groups in total. The molecule has 0 saturated heterocycles. The van der Waals surface area contributed by atoms with Gasteiger partial charge in [-0.15, -0.1) is 0 Å². The van der Waals surface area contributed by atoms with E-state index < -0.39 is 0 Å². The average Bonchev–Trinajstić information content (AvgIpc) is 2.10. The molecule has 0 spiro atoms. The van der Waals surface area contributed by atoms with Gasteiger partial charge in [0, 0.05) is 18.0 Å². The molecule has 0 radical (unpaired) electrons. The van der Waals surface area contributed by atoms with E-state index in [1.807, 2.05) is 38.4 Å². The van der Waals surface area contributed by atoms with Gasteiger partial charge in [0.25, 0.3) is 0 Å². The van der Waals surface area contributed by atoms with Crippen molar-refractivity contribution < 1.29 is 0 Å². The Labute approximate surface area is 73.4 Å². The zero-order valence-electron chi connectivity index (χ0n) is 7.54. The summed E-state index contributed by atoms with van der Waals surface area (Å²) < 4.78 is 0. The maximum atomic E-state index is 4.24. The van der Waals surface area contributed by atoms with Crippen molar-refractivity contribution in [3.05, 3.63) is 36.1 Å². The lowest BCUT2D eigenvalue weighted by Gasteiger charge is -2.14. The van der Waals surface area contributed by atoms with Gasteiger partial charge in [-0.05, 0) is 19.4 Å². The van der Waals surface area contributed by atoms with E-state index in [1.165, 1.54) is 0 Å². The van der Waals surface area contributed by atoms with Crippen molar-refractivity contribution >= 4 is 6.21 Å². The maximum Gasteiger partial charge on any atom is 0.115 e. The zero-order chi connectivity index (χ0) is 8.97. The average molecular weight is 162 g/mol. The van der Waals surface area contributed by atoms with Gasteiger partial charge >= 0.3 is 0 Å². The van der Waals surface area contributed by atoms with Crippen LogP contribution in [0.4, 0.5) is 0 Å². The first-order valence-corrected chi connectivity index (χ1v) is 4.06. The van der Waals surface area contributed by atoms with E-state index in [-0.39, 0.29) is 6.17 Å². The summed E-state index contributed by atoms with van der Waals surface area (Å²) >= 11 is 0. The Hall–Kier alpha value is -1.31. The van der Waals surface area contributed by atoms with Gasteiger partial charge < -0.3 is 5.32 Å². The molecule has 1 aliphatic heterocycles. The largest absolute Gasteiger partial charge is 0.369 e. The van der Waals surface area contributed by atoms with Gasteiger partial charge in [0.05, 0.1) is 0 Å². The van der Waals surface area contributed by atoms with Crippen LogP contribution in [-0.2, 0) is 0 Å². The van der Waals surface area contributed by atoms with Crippen LogP contribution in [0.2, 0.25) is 0 Å². The Morgan fingerprint density at radius 1 is 1.75 bits per heavy atom. The van der Waals surface area contributed by atoms with Crippen molar-refractivity contribution in [2.75, 3.05) is 0 Å². The number of hydrogen-bond donors (Lipinski definition) is 1. The van der Waals surface area contributed by atoms with Crippen molar-refractivity contribution in [2.45, 2.75) is 20.0 Å². The minimum Gasteiger partial charge on any atom is -0.369 e. The van der Waals surface area contributed by atoms with Gasteiger partial charge in [-0.1, -0.05) is 18.7 Å². The van der Waals surface area contributed by atoms with Crippen molar-refractivity contribution in [3.63, 3.8) is 0 Å². The number of aliphatic imine (C=N–C) groups is 1. The predicted octanol–water partition coefficient (Wildman–Crippen LogP) is 2.02. The molecule has 1 rings (SSSR count). The highest BCUT2D eigenvalue weighted by Gasteiger charge is 2.04. The molecule has 0 aliphatic carbocycles. The van der Waals surface area contributed by atoms with Crippen LogP contribution in [0.5, 0.6) is 0 Å². The van der Waals surface area contributed by atoms with E-state index in [4.69, 9.17) is 0 Å². The quantitative estimate of drug-likeness (QED) is 0.617. The van der Waals surface area contributed by atoms with E-state index in [1.54, 1.807) is 0 Å². The topological polar surface area (TPSA) is 24.4 Å². The Balaban J connectivity index is 2.79. The van der Waals surface area contributed by atoms with Crippen LogP contribution in [0.25, 0.3) is 0 Å². The van der Waals surface area contributed by atoms with Crippen molar-refractivity contribution in [2.24, 2.45) is 4.99 Å². The first kappa shape index (κ1) is 8.78. The Kier molecular flexibility index (Phi) is 2.86. The SMILES string of the molecule is C=C/C(=C\C)C1=CNC(C)N=C1. The lowest BCUT2D eigenvalue weighted by Crippen LogP contribution is -2.22. The predicted molar refractivity (Wildman–Crippen MR) is 53.1 cm³/mol.